The number of carbonyl (C=O) groups excluding carboxylic acids is 1. The van der Waals surface area contributed by atoms with Crippen molar-refractivity contribution in [3.05, 3.63) is 48.5 Å². The normalized spacial score (nSPS) is 16.8. The topological polar surface area (TPSA) is 59.6 Å². The minimum Gasteiger partial charge on any atom is -0.497 e. The third-order valence-corrected chi connectivity index (χ3v) is 3.75. The van der Waals surface area contributed by atoms with E-state index in [-0.39, 0.29) is 12.0 Å². The van der Waals surface area contributed by atoms with E-state index in [4.69, 9.17) is 9.47 Å². The van der Waals surface area contributed by atoms with Gasteiger partial charge in [-0.15, -0.1) is 0 Å². The quantitative estimate of drug-likeness (QED) is 0.886. The number of anilines is 3. The number of nitrogens with one attached hydrogen (secondary N) is 2. The molecule has 0 radical (unpaired) electrons. The van der Waals surface area contributed by atoms with Crippen molar-refractivity contribution in [3.8, 4) is 5.75 Å². The molecule has 120 valence electrons. The van der Waals surface area contributed by atoms with Crippen LogP contribution in [0.15, 0.2) is 48.5 Å². The summed E-state index contributed by atoms with van der Waals surface area (Å²) in [5.74, 6) is 0.751. The fourth-order valence-corrected chi connectivity index (χ4v) is 2.49. The molecule has 2 N–H and O–H groups in total. The molecule has 0 spiro atoms. The lowest BCUT2D eigenvalue weighted by atomic mass is 10.2. The average Bonchev–Trinajstić information content (AvgIpc) is 3.12. The fraction of sp³-hybridized carbons (Fsp3) is 0.278. The largest absolute Gasteiger partial charge is 0.497 e. The third kappa shape index (κ3) is 4.02. The molecule has 0 aromatic heterocycles. The molecule has 5 nitrogen and oxygen atoms in total. The molecule has 3 rings (SSSR count). The van der Waals surface area contributed by atoms with Crippen LogP contribution in [-0.4, -0.2) is 25.7 Å². The molecule has 0 aliphatic carbocycles. The number of ether oxygens (including phenoxy) is 2. The maximum absolute atomic E-state index is 12.0. The third-order valence-electron chi connectivity index (χ3n) is 3.75. The molecule has 2 aromatic rings. The van der Waals surface area contributed by atoms with Crippen LogP contribution in [0.3, 0.4) is 0 Å². The van der Waals surface area contributed by atoms with Gasteiger partial charge in [0.25, 0.3) is 5.91 Å². The van der Waals surface area contributed by atoms with E-state index in [1.165, 1.54) is 0 Å². The summed E-state index contributed by atoms with van der Waals surface area (Å²) >= 11 is 0. The molecule has 2 aromatic carbocycles. The van der Waals surface area contributed by atoms with Crippen molar-refractivity contribution in [2.45, 2.75) is 18.9 Å². The molecule has 1 unspecified atom stereocenters. The van der Waals surface area contributed by atoms with Crippen molar-refractivity contribution < 1.29 is 14.3 Å². The summed E-state index contributed by atoms with van der Waals surface area (Å²) < 4.78 is 10.5. The number of hydrogen-bond donors (Lipinski definition) is 2. The Morgan fingerprint density at radius 2 is 1.65 bits per heavy atom. The van der Waals surface area contributed by atoms with E-state index in [0.717, 1.165) is 35.7 Å². The number of hydrogen-bond acceptors (Lipinski definition) is 4. The van der Waals surface area contributed by atoms with E-state index in [0.29, 0.717) is 6.61 Å². The monoisotopic (exact) mass is 312 g/mol. The number of benzene rings is 2. The van der Waals surface area contributed by atoms with Crippen molar-refractivity contribution in [2.24, 2.45) is 0 Å². The van der Waals surface area contributed by atoms with Gasteiger partial charge in [-0.2, -0.15) is 0 Å². The van der Waals surface area contributed by atoms with Crippen molar-refractivity contribution >= 4 is 23.0 Å². The standard InChI is InChI=1S/C18H20N2O3/c1-22-16-10-8-14(9-11-16)19-13-4-6-15(7-5-13)20-18(21)17-3-2-12-23-17/h4-11,17,19H,2-3,12H2,1H3,(H,20,21). The lowest BCUT2D eigenvalue weighted by molar-refractivity contribution is -0.124. The van der Waals surface area contributed by atoms with Gasteiger partial charge in [0.2, 0.25) is 0 Å². The lowest BCUT2D eigenvalue weighted by Gasteiger charge is -2.11. The predicted octanol–water partition coefficient (Wildman–Crippen LogP) is 3.56. The van der Waals surface area contributed by atoms with Gasteiger partial charge < -0.3 is 20.1 Å². The number of methoxy groups -OCH3 is 1. The van der Waals surface area contributed by atoms with Gasteiger partial charge in [-0.25, -0.2) is 0 Å². The van der Waals surface area contributed by atoms with Gasteiger partial charge in [0, 0.05) is 23.7 Å². The first-order valence-electron chi connectivity index (χ1n) is 7.68. The summed E-state index contributed by atoms with van der Waals surface area (Å²) in [6, 6.07) is 15.3. The van der Waals surface area contributed by atoms with Gasteiger partial charge in [0.15, 0.2) is 0 Å². The zero-order chi connectivity index (χ0) is 16.1. The van der Waals surface area contributed by atoms with Crippen molar-refractivity contribution in [3.63, 3.8) is 0 Å². The van der Waals surface area contributed by atoms with Crippen LogP contribution in [0.2, 0.25) is 0 Å². The summed E-state index contributed by atoms with van der Waals surface area (Å²) in [6.45, 7) is 0.669. The smallest absolute Gasteiger partial charge is 0.253 e. The average molecular weight is 312 g/mol. The molecule has 1 aliphatic heterocycles. The summed E-state index contributed by atoms with van der Waals surface area (Å²) in [6.07, 6.45) is 1.43. The van der Waals surface area contributed by atoms with Crippen molar-refractivity contribution in [1.82, 2.24) is 0 Å². The molecule has 1 saturated heterocycles. The van der Waals surface area contributed by atoms with E-state index >= 15 is 0 Å². The van der Waals surface area contributed by atoms with Crippen LogP contribution in [-0.2, 0) is 9.53 Å². The Morgan fingerprint density at radius 3 is 2.22 bits per heavy atom. The molecule has 0 saturated carbocycles. The lowest BCUT2D eigenvalue weighted by Crippen LogP contribution is -2.26. The van der Waals surface area contributed by atoms with E-state index in [1.54, 1.807) is 7.11 Å². The van der Waals surface area contributed by atoms with E-state index in [2.05, 4.69) is 10.6 Å². The van der Waals surface area contributed by atoms with Crippen LogP contribution in [0, 0.1) is 0 Å². The van der Waals surface area contributed by atoms with Crippen LogP contribution in [0.1, 0.15) is 12.8 Å². The summed E-state index contributed by atoms with van der Waals surface area (Å²) in [5, 5.41) is 6.18. The van der Waals surface area contributed by atoms with Gasteiger partial charge in [-0.3, -0.25) is 4.79 Å². The molecule has 1 aliphatic rings. The Hall–Kier alpha value is -2.53. The van der Waals surface area contributed by atoms with Crippen molar-refractivity contribution in [2.75, 3.05) is 24.4 Å². The maximum atomic E-state index is 12.0. The number of amides is 1. The Morgan fingerprint density at radius 1 is 1.04 bits per heavy atom. The van der Waals surface area contributed by atoms with Gasteiger partial charge >= 0.3 is 0 Å². The number of carbonyl (C=O) groups is 1. The molecular formula is C18H20N2O3. The Balaban J connectivity index is 1.58. The first-order valence-corrected chi connectivity index (χ1v) is 7.68. The van der Waals surface area contributed by atoms with Gasteiger partial charge in [0.1, 0.15) is 11.9 Å². The van der Waals surface area contributed by atoms with Crippen LogP contribution in [0.25, 0.3) is 0 Å². The SMILES string of the molecule is COc1ccc(Nc2ccc(NC(=O)C3CCCO3)cc2)cc1. The summed E-state index contributed by atoms with van der Waals surface area (Å²) in [5.41, 5.74) is 2.69. The van der Waals surface area contributed by atoms with Crippen LogP contribution in [0.4, 0.5) is 17.1 Å². The van der Waals surface area contributed by atoms with Gasteiger partial charge in [-0.1, -0.05) is 0 Å². The second-order valence-electron chi connectivity index (χ2n) is 5.42. The minimum atomic E-state index is -0.313. The van der Waals surface area contributed by atoms with Crippen LogP contribution in [0.5, 0.6) is 5.75 Å². The van der Waals surface area contributed by atoms with E-state index in [9.17, 15) is 4.79 Å². The number of rotatable bonds is 5. The maximum Gasteiger partial charge on any atom is 0.253 e. The Bertz CT molecular complexity index is 647. The Labute approximate surface area is 135 Å². The molecule has 5 heteroatoms. The molecular weight excluding hydrogens is 292 g/mol. The van der Waals surface area contributed by atoms with Crippen LogP contribution >= 0.6 is 0 Å². The van der Waals surface area contributed by atoms with E-state index in [1.807, 2.05) is 48.5 Å². The molecule has 0 bridgehead atoms. The first kappa shape index (κ1) is 15.4. The van der Waals surface area contributed by atoms with Gasteiger partial charge in [-0.05, 0) is 61.4 Å². The zero-order valence-corrected chi connectivity index (χ0v) is 13.0. The second kappa shape index (κ2) is 7.15. The second-order valence-corrected chi connectivity index (χ2v) is 5.42. The molecule has 23 heavy (non-hydrogen) atoms. The summed E-state index contributed by atoms with van der Waals surface area (Å²) in [7, 11) is 1.64. The molecule has 1 fully saturated rings. The van der Waals surface area contributed by atoms with Crippen molar-refractivity contribution in [1.29, 1.82) is 0 Å². The predicted molar refractivity (Wildman–Crippen MR) is 90.3 cm³/mol. The highest BCUT2D eigenvalue weighted by Crippen LogP contribution is 2.22. The Kier molecular flexibility index (Phi) is 4.78. The zero-order valence-electron chi connectivity index (χ0n) is 13.0. The van der Waals surface area contributed by atoms with E-state index < -0.39 is 0 Å². The van der Waals surface area contributed by atoms with Crippen LogP contribution < -0.4 is 15.4 Å². The van der Waals surface area contributed by atoms with Gasteiger partial charge in [0.05, 0.1) is 7.11 Å². The summed E-state index contributed by atoms with van der Waals surface area (Å²) in [4.78, 5) is 12.0. The molecule has 1 atom stereocenters. The highest BCUT2D eigenvalue weighted by atomic mass is 16.5. The highest BCUT2D eigenvalue weighted by molar-refractivity contribution is 5.94. The highest BCUT2D eigenvalue weighted by Gasteiger charge is 2.23. The molecule has 1 heterocycles. The first-order chi connectivity index (χ1) is 11.2. The fourth-order valence-electron chi connectivity index (χ4n) is 2.49. The minimum absolute atomic E-state index is 0.0710. The molecule has 1 amide bonds.